The van der Waals surface area contributed by atoms with E-state index in [4.69, 9.17) is 0 Å². The Kier molecular flexibility index (Phi) is 5.27. The standard InChI is InChI=1S/C35H35N/c1-23-7-3-5-9-34(23)36(35-10-6-4-8-24(35)2)31-14-11-27(12-15-31)28-13-16-32-29-18-25-17-26(19-29)21-30(20-25)33(32)22-28/h3-16,22,25-26,29-30H,17-21H2,1-2H3. The average molecular weight is 470 g/mol. The van der Waals surface area contributed by atoms with Crippen LogP contribution in [-0.4, -0.2) is 0 Å². The molecular formula is C35H35N. The van der Waals surface area contributed by atoms with E-state index in [9.17, 15) is 0 Å². The van der Waals surface area contributed by atoms with E-state index in [-0.39, 0.29) is 0 Å². The van der Waals surface area contributed by atoms with Crippen molar-refractivity contribution < 1.29 is 0 Å². The maximum Gasteiger partial charge on any atom is 0.0490 e. The monoisotopic (exact) mass is 469 g/mol. The Morgan fingerprint density at radius 2 is 1.06 bits per heavy atom. The van der Waals surface area contributed by atoms with Gasteiger partial charge < -0.3 is 4.90 Å². The predicted molar refractivity (Wildman–Crippen MR) is 152 cm³/mol. The third-order valence-corrected chi connectivity index (χ3v) is 9.28. The molecule has 0 heterocycles. The van der Waals surface area contributed by atoms with Crippen LogP contribution in [0.1, 0.15) is 66.2 Å². The first kappa shape index (κ1) is 21.9. The van der Waals surface area contributed by atoms with Crippen LogP contribution in [0.5, 0.6) is 0 Å². The van der Waals surface area contributed by atoms with Crippen molar-refractivity contribution in [3.8, 4) is 11.1 Å². The lowest BCUT2D eigenvalue weighted by Gasteiger charge is -2.38. The smallest absolute Gasteiger partial charge is 0.0490 e. The normalized spacial score (nSPS) is 23.8. The first-order valence-electron chi connectivity index (χ1n) is 13.8. The van der Waals surface area contributed by atoms with E-state index in [2.05, 4.69) is 110 Å². The summed E-state index contributed by atoms with van der Waals surface area (Å²) in [7, 11) is 0. The van der Waals surface area contributed by atoms with Gasteiger partial charge >= 0.3 is 0 Å². The van der Waals surface area contributed by atoms with Crippen LogP contribution in [0.3, 0.4) is 0 Å². The second kappa shape index (κ2) is 8.66. The highest BCUT2D eigenvalue weighted by atomic mass is 15.1. The maximum absolute atomic E-state index is 2.55. The van der Waals surface area contributed by atoms with Gasteiger partial charge in [-0.1, -0.05) is 66.7 Å². The van der Waals surface area contributed by atoms with Crippen molar-refractivity contribution in [1.82, 2.24) is 0 Å². The van der Waals surface area contributed by atoms with Crippen LogP contribution in [0.25, 0.3) is 11.1 Å². The minimum absolute atomic E-state index is 0.785. The second-order valence-electron chi connectivity index (χ2n) is 11.6. The predicted octanol–water partition coefficient (Wildman–Crippen LogP) is 9.83. The molecule has 0 saturated heterocycles. The zero-order chi connectivity index (χ0) is 24.2. The Morgan fingerprint density at radius 1 is 0.528 bits per heavy atom. The van der Waals surface area contributed by atoms with Gasteiger partial charge in [-0.15, -0.1) is 0 Å². The molecule has 2 saturated carbocycles. The molecular weight excluding hydrogens is 434 g/mol. The fourth-order valence-corrected chi connectivity index (χ4v) is 7.68. The van der Waals surface area contributed by atoms with E-state index in [1.54, 1.807) is 11.1 Å². The van der Waals surface area contributed by atoms with E-state index in [1.165, 1.54) is 71.4 Å². The molecule has 1 nitrogen and oxygen atoms in total. The van der Waals surface area contributed by atoms with Crippen LogP contribution in [0, 0.1) is 25.7 Å². The van der Waals surface area contributed by atoms with Gasteiger partial charge in [0.2, 0.25) is 0 Å². The Morgan fingerprint density at radius 3 is 1.64 bits per heavy atom. The summed E-state index contributed by atoms with van der Waals surface area (Å²) in [6, 6.07) is 34.0. The van der Waals surface area contributed by atoms with Gasteiger partial charge in [-0.25, -0.2) is 0 Å². The van der Waals surface area contributed by atoms with Crippen molar-refractivity contribution in [3.63, 3.8) is 0 Å². The van der Waals surface area contributed by atoms with Gasteiger partial charge in [0.15, 0.2) is 0 Å². The maximum atomic E-state index is 2.55. The largest absolute Gasteiger partial charge is 0.310 e. The van der Waals surface area contributed by atoms with Crippen LogP contribution >= 0.6 is 0 Å². The van der Waals surface area contributed by atoms with Crippen LogP contribution in [0.4, 0.5) is 17.1 Å². The lowest BCUT2D eigenvalue weighted by atomic mass is 9.67. The molecule has 36 heavy (non-hydrogen) atoms. The molecule has 8 rings (SSSR count). The van der Waals surface area contributed by atoms with E-state index >= 15 is 0 Å². The van der Waals surface area contributed by atoms with Crippen LogP contribution in [0.15, 0.2) is 91.0 Å². The third kappa shape index (κ3) is 3.68. The molecule has 0 radical (unpaired) electrons. The zero-order valence-electron chi connectivity index (χ0n) is 21.5. The van der Waals surface area contributed by atoms with Gasteiger partial charge in [0.05, 0.1) is 0 Å². The highest BCUT2D eigenvalue weighted by Crippen LogP contribution is 2.56. The van der Waals surface area contributed by atoms with Crippen LogP contribution < -0.4 is 4.90 Å². The minimum Gasteiger partial charge on any atom is -0.310 e. The summed E-state index contributed by atoms with van der Waals surface area (Å²) in [4.78, 5) is 2.40. The highest BCUT2D eigenvalue weighted by Gasteiger charge is 2.41. The van der Waals surface area contributed by atoms with E-state index in [1.807, 2.05) is 0 Å². The molecule has 180 valence electrons. The van der Waals surface area contributed by atoms with E-state index < -0.39 is 0 Å². The number of para-hydroxylation sites is 2. The molecule has 2 unspecified atom stereocenters. The van der Waals surface area contributed by atoms with Crippen molar-refractivity contribution >= 4 is 17.1 Å². The third-order valence-electron chi connectivity index (χ3n) is 9.28. The van der Waals surface area contributed by atoms with Gasteiger partial charge in [0, 0.05) is 17.1 Å². The molecule has 2 fully saturated rings. The average Bonchev–Trinajstić information content (AvgIpc) is 3.07. The number of hydrogen-bond acceptors (Lipinski definition) is 1. The summed E-state index contributed by atoms with van der Waals surface area (Å²) in [5, 5.41) is 0. The molecule has 4 aromatic carbocycles. The van der Waals surface area contributed by atoms with Crippen molar-refractivity contribution in [2.45, 2.75) is 57.8 Å². The highest BCUT2D eigenvalue weighted by molar-refractivity contribution is 5.81. The second-order valence-corrected chi connectivity index (χ2v) is 11.6. The fourth-order valence-electron chi connectivity index (χ4n) is 7.68. The Bertz CT molecular complexity index is 1360. The van der Waals surface area contributed by atoms with Crippen LogP contribution in [0.2, 0.25) is 0 Å². The first-order valence-corrected chi connectivity index (χ1v) is 13.8. The molecule has 4 aromatic rings. The first-order chi connectivity index (χ1) is 17.6. The zero-order valence-corrected chi connectivity index (χ0v) is 21.5. The van der Waals surface area contributed by atoms with Gasteiger partial charge in [-0.05, 0) is 127 Å². The summed E-state index contributed by atoms with van der Waals surface area (Å²) >= 11 is 0. The number of rotatable bonds is 4. The molecule has 0 N–H and O–H groups in total. The van der Waals surface area contributed by atoms with Crippen molar-refractivity contribution in [2.24, 2.45) is 11.8 Å². The number of anilines is 3. The molecule has 1 heteroatoms. The van der Waals surface area contributed by atoms with Gasteiger partial charge in [-0.2, -0.15) is 0 Å². The summed E-state index contributed by atoms with van der Waals surface area (Å²) in [6.07, 6.45) is 7.20. The molecule has 4 aliphatic carbocycles. The lowest BCUT2D eigenvalue weighted by Crippen LogP contribution is -2.25. The van der Waals surface area contributed by atoms with Crippen LogP contribution in [-0.2, 0) is 0 Å². The van der Waals surface area contributed by atoms with E-state index in [0.29, 0.717) is 0 Å². The summed E-state index contributed by atoms with van der Waals surface area (Å²) in [5.74, 6) is 3.53. The fraction of sp³-hybridized carbons (Fsp3) is 0.314. The lowest BCUT2D eigenvalue weighted by molar-refractivity contribution is 0.166. The molecule has 4 bridgehead atoms. The molecule has 0 aliphatic heterocycles. The van der Waals surface area contributed by atoms with Crippen molar-refractivity contribution in [3.05, 3.63) is 113 Å². The Balaban J connectivity index is 1.27. The summed E-state index contributed by atoms with van der Waals surface area (Å²) in [6.45, 7) is 4.40. The van der Waals surface area contributed by atoms with Crippen molar-refractivity contribution in [1.29, 1.82) is 0 Å². The Labute approximate surface area is 215 Å². The number of aryl methyl sites for hydroxylation is 2. The van der Waals surface area contributed by atoms with E-state index in [0.717, 1.165) is 23.7 Å². The number of hydrogen-bond donors (Lipinski definition) is 0. The van der Waals surface area contributed by atoms with Gasteiger partial charge in [-0.3, -0.25) is 0 Å². The summed E-state index contributed by atoms with van der Waals surface area (Å²) in [5.41, 5.74) is 12.3. The number of benzene rings is 4. The molecule has 4 aliphatic rings. The van der Waals surface area contributed by atoms with Crippen molar-refractivity contribution in [2.75, 3.05) is 4.90 Å². The topological polar surface area (TPSA) is 3.24 Å². The molecule has 2 atom stereocenters. The summed E-state index contributed by atoms with van der Waals surface area (Å²) < 4.78 is 0. The SMILES string of the molecule is Cc1ccccc1N(c1ccc(-c2ccc3c(c2)C2CC4CC(CC3C4)C2)cc1)c1ccccc1C. The minimum atomic E-state index is 0.785. The Hall–Kier alpha value is -3.32. The molecule has 0 spiro atoms. The molecule has 0 amide bonds. The van der Waals surface area contributed by atoms with Gasteiger partial charge in [0.25, 0.3) is 0 Å². The quantitative estimate of drug-likeness (QED) is 0.287. The van der Waals surface area contributed by atoms with Gasteiger partial charge in [0.1, 0.15) is 0 Å². The number of nitrogens with zero attached hydrogens (tertiary/aromatic N) is 1. The molecule has 0 aromatic heterocycles.